The minimum absolute atomic E-state index is 0.498. The molecule has 0 saturated carbocycles. The van der Waals surface area contributed by atoms with Crippen LogP contribution >= 0.6 is 23.5 Å². The Hall–Kier alpha value is -2.42. The lowest BCUT2D eigenvalue weighted by molar-refractivity contribution is 0.858. The molecule has 2 heteroatoms. The lowest BCUT2D eigenvalue weighted by Crippen LogP contribution is -2.13. The van der Waals surface area contributed by atoms with Gasteiger partial charge in [-0.2, -0.15) is 0 Å². The van der Waals surface area contributed by atoms with Gasteiger partial charge in [-0.3, -0.25) is 0 Å². The third-order valence-corrected chi connectivity index (χ3v) is 8.41. The first kappa shape index (κ1) is 17.4. The molecule has 0 N–H and O–H groups in total. The van der Waals surface area contributed by atoms with E-state index in [0.29, 0.717) is 5.92 Å². The highest BCUT2D eigenvalue weighted by Gasteiger charge is 2.30. The Labute approximate surface area is 180 Å². The summed E-state index contributed by atoms with van der Waals surface area (Å²) >= 11 is 3.90. The second-order valence-electron chi connectivity index (χ2n) is 7.75. The Morgan fingerprint density at radius 2 is 1.34 bits per heavy atom. The van der Waals surface area contributed by atoms with Crippen molar-refractivity contribution in [2.75, 3.05) is 5.75 Å². The van der Waals surface area contributed by atoms with E-state index in [-0.39, 0.29) is 0 Å². The quantitative estimate of drug-likeness (QED) is 0.254. The molecule has 0 nitrogen and oxygen atoms in total. The number of thioether (sulfide) groups is 1. The van der Waals surface area contributed by atoms with Crippen LogP contribution in [0.25, 0.3) is 21.9 Å². The van der Waals surface area contributed by atoms with Crippen molar-refractivity contribution in [3.8, 4) is 0 Å². The first-order valence-electron chi connectivity index (χ1n) is 10.1. The van der Waals surface area contributed by atoms with Crippen LogP contribution in [0.2, 0.25) is 0 Å². The number of hydrogen-bond donors (Lipinski definition) is 0. The van der Waals surface area contributed by atoms with Crippen LogP contribution in [0, 0.1) is 5.92 Å². The van der Waals surface area contributed by atoms with E-state index in [4.69, 9.17) is 0 Å². The smallest absolute Gasteiger partial charge is 0.0201 e. The highest BCUT2D eigenvalue weighted by atomic mass is 32.2. The summed E-state index contributed by atoms with van der Waals surface area (Å²) in [6.07, 6.45) is 0. The van der Waals surface area contributed by atoms with Gasteiger partial charge in [-0.1, -0.05) is 85.4 Å². The van der Waals surface area contributed by atoms with E-state index >= 15 is 0 Å². The number of benzene rings is 4. The molecule has 0 aromatic heterocycles. The normalized spacial score (nSPS) is 17.6. The van der Waals surface area contributed by atoms with Gasteiger partial charge in [0, 0.05) is 20.4 Å². The van der Waals surface area contributed by atoms with E-state index in [1.807, 2.05) is 23.5 Å². The minimum atomic E-state index is 0.498. The number of rotatable bonds is 0. The first-order valence-corrected chi connectivity index (χ1v) is 11.9. The second-order valence-corrected chi connectivity index (χ2v) is 9.90. The molecule has 140 valence electrons. The van der Waals surface area contributed by atoms with Gasteiger partial charge < -0.3 is 0 Å². The van der Waals surface area contributed by atoms with Crippen LogP contribution in [0.1, 0.15) is 23.6 Å². The molecule has 2 aliphatic rings. The number of allylic oxidation sites excluding steroid dienone is 1. The minimum Gasteiger partial charge on any atom is -0.125 e. The molecule has 0 fully saturated rings. The molecule has 0 spiro atoms. The number of fused-ring (bicyclic) bond motifs is 5. The van der Waals surface area contributed by atoms with Crippen LogP contribution in [0.4, 0.5) is 0 Å². The SMILES string of the molecule is C[C@H]1CSc2ccc3ccccc3c2C1=C1c2ccccc2Sc2ccccc21. The van der Waals surface area contributed by atoms with Crippen molar-refractivity contribution < 1.29 is 0 Å². The maximum absolute atomic E-state index is 2.40. The van der Waals surface area contributed by atoms with E-state index in [2.05, 4.69) is 91.9 Å². The zero-order valence-corrected chi connectivity index (χ0v) is 17.8. The van der Waals surface area contributed by atoms with E-state index in [9.17, 15) is 0 Å². The van der Waals surface area contributed by atoms with Crippen molar-refractivity contribution in [1.82, 2.24) is 0 Å². The maximum Gasteiger partial charge on any atom is 0.0201 e. The van der Waals surface area contributed by atoms with Crippen LogP contribution in [0.5, 0.6) is 0 Å². The fourth-order valence-electron chi connectivity index (χ4n) is 4.64. The topological polar surface area (TPSA) is 0 Å². The van der Waals surface area contributed by atoms with Crippen molar-refractivity contribution in [3.05, 3.63) is 102 Å². The molecule has 29 heavy (non-hydrogen) atoms. The van der Waals surface area contributed by atoms with Gasteiger partial charge in [-0.15, -0.1) is 11.8 Å². The Morgan fingerprint density at radius 1 is 0.690 bits per heavy atom. The summed E-state index contributed by atoms with van der Waals surface area (Å²) in [5, 5.41) is 2.70. The number of hydrogen-bond acceptors (Lipinski definition) is 2. The standard InChI is InChI=1S/C27H20S2/c1-17-16-28-24-15-14-18-8-2-3-9-19(18)27(24)25(17)26-20-10-4-6-12-22(20)29-23-13-7-5-11-21(23)26/h2-15,17H,16H2,1H3/t17-/m0/s1. The van der Waals surface area contributed by atoms with Crippen molar-refractivity contribution in [1.29, 1.82) is 0 Å². The Balaban J connectivity index is 1.78. The summed E-state index contributed by atoms with van der Waals surface area (Å²) < 4.78 is 0. The van der Waals surface area contributed by atoms with E-state index in [1.54, 1.807) is 0 Å². The van der Waals surface area contributed by atoms with Crippen molar-refractivity contribution in [2.45, 2.75) is 21.6 Å². The van der Waals surface area contributed by atoms with Gasteiger partial charge in [-0.05, 0) is 62.7 Å². The predicted octanol–water partition coefficient (Wildman–Crippen LogP) is 8.01. The summed E-state index contributed by atoms with van der Waals surface area (Å²) in [4.78, 5) is 4.14. The molecule has 6 rings (SSSR count). The molecule has 0 aliphatic carbocycles. The van der Waals surface area contributed by atoms with Gasteiger partial charge in [0.05, 0.1) is 0 Å². The maximum atomic E-state index is 2.40. The highest BCUT2D eigenvalue weighted by molar-refractivity contribution is 7.99. The summed E-state index contributed by atoms with van der Waals surface area (Å²) in [6, 6.07) is 31.3. The summed E-state index contributed by atoms with van der Waals surface area (Å²) in [5.74, 6) is 1.62. The molecular formula is C27H20S2. The molecule has 1 atom stereocenters. The molecule has 4 aromatic carbocycles. The molecule has 0 unspecified atom stereocenters. The largest absolute Gasteiger partial charge is 0.125 e. The van der Waals surface area contributed by atoms with Crippen LogP contribution < -0.4 is 0 Å². The van der Waals surface area contributed by atoms with Gasteiger partial charge >= 0.3 is 0 Å². The Kier molecular flexibility index (Phi) is 4.11. The third-order valence-electron chi connectivity index (χ3n) is 5.94. The third kappa shape index (κ3) is 2.70. The monoisotopic (exact) mass is 408 g/mol. The van der Waals surface area contributed by atoms with E-state index in [0.717, 1.165) is 5.75 Å². The Bertz CT molecular complexity index is 1250. The molecule has 2 heterocycles. The van der Waals surface area contributed by atoms with Gasteiger partial charge in [0.2, 0.25) is 0 Å². The fourth-order valence-corrected chi connectivity index (χ4v) is 6.86. The molecule has 2 aliphatic heterocycles. The van der Waals surface area contributed by atoms with Crippen molar-refractivity contribution in [2.24, 2.45) is 5.92 Å². The molecule has 0 bridgehead atoms. The van der Waals surface area contributed by atoms with Crippen molar-refractivity contribution in [3.63, 3.8) is 0 Å². The van der Waals surface area contributed by atoms with E-state index < -0.39 is 0 Å². The Morgan fingerprint density at radius 3 is 2.10 bits per heavy atom. The lowest BCUT2D eigenvalue weighted by atomic mass is 9.81. The average Bonchev–Trinajstić information content (AvgIpc) is 2.78. The summed E-state index contributed by atoms with van der Waals surface area (Å²) in [5.41, 5.74) is 7.14. The lowest BCUT2D eigenvalue weighted by Gasteiger charge is -2.32. The highest BCUT2D eigenvalue weighted by Crippen LogP contribution is 2.53. The van der Waals surface area contributed by atoms with Crippen LogP contribution in [-0.2, 0) is 0 Å². The first-order chi connectivity index (χ1) is 14.3. The summed E-state index contributed by atoms with van der Waals surface area (Å²) in [6.45, 7) is 2.40. The fraction of sp³-hybridized carbons (Fsp3) is 0.111. The van der Waals surface area contributed by atoms with Gasteiger partial charge in [0.25, 0.3) is 0 Å². The summed E-state index contributed by atoms with van der Waals surface area (Å²) in [7, 11) is 0. The zero-order valence-electron chi connectivity index (χ0n) is 16.2. The second kappa shape index (κ2) is 6.83. The van der Waals surface area contributed by atoms with Crippen LogP contribution in [-0.4, -0.2) is 5.75 Å². The zero-order chi connectivity index (χ0) is 19.4. The predicted molar refractivity (Wildman–Crippen MR) is 127 cm³/mol. The molecule has 4 aromatic rings. The van der Waals surface area contributed by atoms with Gasteiger partial charge in [0.1, 0.15) is 0 Å². The van der Waals surface area contributed by atoms with Crippen LogP contribution in [0.3, 0.4) is 0 Å². The molecule has 0 amide bonds. The van der Waals surface area contributed by atoms with Crippen LogP contribution in [0.15, 0.2) is 99.6 Å². The molecule has 0 radical (unpaired) electrons. The molecular weight excluding hydrogens is 388 g/mol. The average molecular weight is 409 g/mol. The van der Waals surface area contributed by atoms with Crippen molar-refractivity contribution >= 4 is 45.4 Å². The van der Waals surface area contributed by atoms with E-state index in [1.165, 1.54) is 53.3 Å². The van der Waals surface area contributed by atoms with Gasteiger partial charge in [0.15, 0.2) is 0 Å². The molecule has 0 saturated heterocycles. The van der Waals surface area contributed by atoms with Gasteiger partial charge in [-0.25, -0.2) is 0 Å².